The van der Waals surface area contributed by atoms with Gasteiger partial charge in [-0.3, -0.25) is 19.0 Å². The molecule has 0 saturated carbocycles. The van der Waals surface area contributed by atoms with Gasteiger partial charge < -0.3 is 10.2 Å². The van der Waals surface area contributed by atoms with Gasteiger partial charge in [0.2, 0.25) is 5.91 Å². The van der Waals surface area contributed by atoms with Gasteiger partial charge >= 0.3 is 0 Å². The number of piperidine rings is 1. The van der Waals surface area contributed by atoms with Crippen LogP contribution in [0.2, 0.25) is 0 Å². The van der Waals surface area contributed by atoms with Gasteiger partial charge in [-0.2, -0.15) is 10.2 Å². The minimum atomic E-state index is 0.00712. The fourth-order valence-electron chi connectivity index (χ4n) is 3.13. The molecular weight excluding hydrogens is 320 g/mol. The van der Waals surface area contributed by atoms with Gasteiger partial charge in [0.1, 0.15) is 0 Å². The molecule has 1 aliphatic heterocycles. The van der Waals surface area contributed by atoms with Gasteiger partial charge in [-0.05, 0) is 25.7 Å². The molecule has 1 saturated heterocycles. The average molecular weight is 344 g/mol. The Morgan fingerprint density at radius 3 is 2.56 bits per heavy atom. The quantitative estimate of drug-likeness (QED) is 0.891. The second-order valence-corrected chi connectivity index (χ2v) is 6.48. The van der Waals surface area contributed by atoms with E-state index in [9.17, 15) is 9.59 Å². The molecule has 1 N–H and O–H groups in total. The van der Waals surface area contributed by atoms with Crippen LogP contribution in [-0.2, 0) is 18.4 Å². The van der Waals surface area contributed by atoms with Gasteiger partial charge in [0.15, 0.2) is 0 Å². The summed E-state index contributed by atoms with van der Waals surface area (Å²) in [5, 5.41) is 11.1. The van der Waals surface area contributed by atoms with Crippen LogP contribution in [-0.4, -0.2) is 49.4 Å². The van der Waals surface area contributed by atoms with Crippen LogP contribution < -0.4 is 5.32 Å². The first-order chi connectivity index (χ1) is 12.0. The number of anilines is 1. The molecule has 3 rings (SSSR count). The zero-order valence-electron chi connectivity index (χ0n) is 14.7. The first kappa shape index (κ1) is 17.2. The highest BCUT2D eigenvalue weighted by molar-refractivity contribution is 5.94. The third-order valence-corrected chi connectivity index (χ3v) is 4.57. The van der Waals surface area contributed by atoms with Crippen molar-refractivity contribution in [3.63, 3.8) is 0 Å². The second kappa shape index (κ2) is 7.50. The Bertz CT molecular complexity index is 742. The van der Waals surface area contributed by atoms with Crippen LogP contribution in [0.1, 0.15) is 36.5 Å². The third kappa shape index (κ3) is 4.26. The van der Waals surface area contributed by atoms with E-state index in [2.05, 4.69) is 15.5 Å². The van der Waals surface area contributed by atoms with Crippen molar-refractivity contribution in [2.24, 2.45) is 13.0 Å². The van der Waals surface area contributed by atoms with E-state index in [1.807, 2.05) is 18.0 Å². The lowest BCUT2D eigenvalue weighted by atomic mass is 9.93. The normalized spacial score (nSPS) is 15.4. The summed E-state index contributed by atoms with van der Waals surface area (Å²) >= 11 is 0. The Balaban J connectivity index is 1.45. The lowest BCUT2D eigenvalue weighted by molar-refractivity contribution is -0.117. The molecular formula is C17H24N6O2. The van der Waals surface area contributed by atoms with Crippen molar-refractivity contribution in [1.29, 1.82) is 0 Å². The van der Waals surface area contributed by atoms with Crippen molar-refractivity contribution in [2.75, 3.05) is 18.4 Å². The summed E-state index contributed by atoms with van der Waals surface area (Å²) in [5.41, 5.74) is 1.35. The second-order valence-electron chi connectivity index (χ2n) is 6.48. The van der Waals surface area contributed by atoms with Crippen LogP contribution in [0.5, 0.6) is 0 Å². The van der Waals surface area contributed by atoms with Crippen LogP contribution in [0.15, 0.2) is 24.8 Å². The predicted octanol–water partition coefficient (Wildman–Crippen LogP) is 1.52. The van der Waals surface area contributed by atoms with E-state index in [4.69, 9.17) is 0 Å². The number of carbonyl (C=O) groups is 2. The Labute approximate surface area is 146 Å². The summed E-state index contributed by atoms with van der Waals surface area (Å²) < 4.78 is 3.41. The highest BCUT2D eigenvalue weighted by Crippen LogP contribution is 2.22. The number of nitrogens with zero attached hydrogens (tertiary/aromatic N) is 5. The molecule has 0 atom stereocenters. The molecule has 2 amide bonds. The predicted molar refractivity (Wildman–Crippen MR) is 93.0 cm³/mol. The van der Waals surface area contributed by atoms with Gasteiger partial charge in [-0.25, -0.2) is 0 Å². The van der Waals surface area contributed by atoms with Crippen molar-refractivity contribution in [3.8, 4) is 0 Å². The van der Waals surface area contributed by atoms with E-state index >= 15 is 0 Å². The fraction of sp³-hybridized carbons (Fsp3) is 0.529. The SMILES string of the molecule is CCn1cc(NC(=O)CC2CCN(C(=O)c3cnn(C)c3)CC2)cn1. The molecule has 0 spiro atoms. The van der Waals surface area contributed by atoms with E-state index in [1.54, 1.807) is 35.0 Å². The van der Waals surface area contributed by atoms with Crippen molar-refractivity contribution in [2.45, 2.75) is 32.7 Å². The molecule has 134 valence electrons. The Kier molecular flexibility index (Phi) is 5.16. The molecule has 1 aliphatic rings. The summed E-state index contributed by atoms with van der Waals surface area (Å²) in [4.78, 5) is 26.4. The van der Waals surface area contributed by atoms with Crippen LogP contribution in [0.3, 0.4) is 0 Å². The number of aryl methyl sites for hydroxylation is 2. The largest absolute Gasteiger partial charge is 0.339 e. The maximum absolute atomic E-state index is 12.4. The van der Waals surface area contributed by atoms with Gasteiger partial charge in [-0.1, -0.05) is 0 Å². The molecule has 0 aromatic carbocycles. The van der Waals surface area contributed by atoms with Gasteiger partial charge in [0.25, 0.3) is 5.91 Å². The van der Waals surface area contributed by atoms with Crippen molar-refractivity contribution >= 4 is 17.5 Å². The topological polar surface area (TPSA) is 85.0 Å². The molecule has 3 heterocycles. The molecule has 0 unspecified atom stereocenters. The van der Waals surface area contributed by atoms with E-state index in [0.717, 1.165) is 25.1 Å². The summed E-state index contributed by atoms with van der Waals surface area (Å²) in [6.07, 6.45) is 8.98. The van der Waals surface area contributed by atoms with E-state index in [-0.39, 0.29) is 11.8 Å². The molecule has 2 aromatic heterocycles. The third-order valence-electron chi connectivity index (χ3n) is 4.57. The lowest BCUT2D eigenvalue weighted by Crippen LogP contribution is -2.39. The number of hydrogen-bond acceptors (Lipinski definition) is 4. The summed E-state index contributed by atoms with van der Waals surface area (Å²) in [7, 11) is 1.80. The van der Waals surface area contributed by atoms with E-state index < -0.39 is 0 Å². The van der Waals surface area contributed by atoms with Crippen LogP contribution in [0, 0.1) is 5.92 Å². The number of carbonyl (C=O) groups excluding carboxylic acids is 2. The standard InChI is InChI=1S/C17H24N6O2/c1-3-23-12-15(10-19-23)20-16(24)8-13-4-6-22(7-5-13)17(25)14-9-18-21(2)11-14/h9-13H,3-8H2,1-2H3,(H,20,24). The molecule has 0 bridgehead atoms. The minimum Gasteiger partial charge on any atom is -0.339 e. The summed E-state index contributed by atoms with van der Waals surface area (Å²) in [6.45, 7) is 4.14. The highest BCUT2D eigenvalue weighted by Gasteiger charge is 2.25. The van der Waals surface area contributed by atoms with Crippen molar-refractivity contribution < 1.29 is 9.59 Å². The Hall–Kier alpha value is -2.64. The van der Waals surface area contributed by atoms with E-state index in [0.29, 0.717) is 31.0 Å². The number of nitrogens with one attached hydrogen (secondary N) is 1. The Morgan fingerprint density at radius 2 is 1.96 bits per heavy atom. The molecule has 2 aromatic rings. The smallest absolute Gasteiger partial charge is 0.257 e. The Morgan fingerprint density at radius 1 is 1.20 bits per heavy atom. The monoisotopic (exact) mass is 344 g/mol. The fourth-order valence-corrected chi connectivity index (χ4v) is 3.13. The number of rotatable bonds is 5. The van der Waals surface area contributed by atoms with Crippen molar-refractivity contribution in [1.82, 2.24) is 24.5 Å². The zero-order valence-corrected chi connectivity index (χ0v) is 14.7. The molecule has 8 nitrogen and oxygen atoms in total. The first-order valence-corrected chi connectivity index (χ1v) is 8.65. The van der Waals surface area contributed by atoms with Gasteiger partial charge in [0, 0.05) is 45.5 Å². The van der Waals surface area contributed by atoms with Crippen LogP contribution >= 0.6 is 0 Å². The van der Waals surface area contributed by atoms with Gasteiger partial charge in [0.05, 0.1) is 23.6 Å². The number of likely N-dealkylation sites (tertiary alicyclic amines) is 1. The first-order valence-electron chi connectivity index (χ1n) is 8.65. The molecule has 25 heavy (non-hydrogen) atoms. The summed E-state index contributed by atoms with van der Waals surface area (Å²) in [5.74, 6) is 0.329. The van der Waals surface area contributed by atoms with Crippen molar-refractivity contribution in [3.05, 3.63) is 30.4 Å². The average Bonchev–Trinajstić information content (AvgIpc) is 3.23. The molecule has 0 aliphatic carbocycles. The molecule has 1 fully saturated rings. The number of aromatic nitrogens is 4. The minimum absolute atomic E-state index is 0.00712. The molecule has 0 radical (unpaired) electrons. The van der Waals surface area contributed by atoms with Gasteiger partial charge in [-0.15, -0.1) is 0 Å². The lowest BCUT2D eigenvalue weighted by Gasteiger charge is -2.31. The molecule has 8 heteroatoms. The number of amides is 2. The number of hydrogen-bond donors (Lipinski definition) is 1. The zero-order chi connectivity index (χ0) is 17.8. The van der Waals surface area contributed by atoms with E-state index in [1.165, 1.54) is 0 Å². The van der Waals surface area contributed by atoms with Crippen LogP contribution in [0.4, 0.5) is 5.69 Å². The maximum Gasteiger partial charge on any atom is 0.257 e. The van der Waals surface area contributed by atoms with Crippen LogP contribution in [0.25, 0.3) is 0 Å². The maximum atomic E-state index is 12.4. The summed E-state index contributed by atoms with van der Waals surface area (Å²) in [6, 6.07) is 0. The highest BCUT2D eigenvalue weighted by atomic mass is 16.2.